The second-order valence-electron chi connectivity index (χ2n) is 7.97. The lowest BCUT2D eigenvalue weighted by atomic mass is 10.1. The van der Waals surface area contributed by atoms with Crippen LogP contribution in [0.1, 0.15) is 21.7 Å². The highest BCUT2D eigenvalue weighted by Crippen LogP contribution is 2.32. The topological polar surface area (TPSA) is 79.8 Å². The Morgan fingerprint density at radius 2 is 1.67 bits per heavy atom. The number of anilines is 3. The van der Waals surface area contributed by atoms with Gasteiger partial charge in [-0.3, -0.25) is 4.79 Å². The molecule has 1 aromatic heterocycles. The minimum atomic E-state index is -0.0639. The molecule has 3 aromatic rings. The average molecular weight is 448 g/mol. The van der Waals surface area contributed by atoms with Crippen molar-refractivity contribution in [3.05, 3.63) is 65.5 Å². The summed E-state index contributed by atoms with van der Waals surface area (Å²) in [5, 5.41) is 3.36. The molecule has 0 unspecified atom stereocenters. The SMILES string of the molecule is COc1cccc(C(=O)N2CCN(c3cc(Nc4ccc(C)cc4)nc(C)n3)CC2)c1OC. The summed E-state index contributed by atoms with van der Waals surface area (Å²) in [6, 6.07) is 15.5. The minimum absolute atomic E-state index is 0.0639. The number of aryl methyl sites for hydroxylation is 2. The van der Waals surface area contributed by atoms with Gasteiger partial charge in [0.15, 0.2) is 11.5 Å². The van der Waals surface area contributed by atoms with Gasteiger partial charge in [0.05, 0.1) is 19.8 Å². The first-order valence-corrected chi connectivity index (χ1v) is 10.9. The molecule has 2 aromatic carbocycles. The summed E-state index contributed by atoms with van der Waals surface area (Å²) in [5.74, 6) is 3.25. The van der Waals surface area contributed by atoms with Crippen molar-refractivity contribution in [3.63, 3.8) is 0 Å². The van der Waals surface area contributed by atoms with E-state index >= 15 is 0 Å². The van der Waals surface area contributed by atoms with Crippen LogP contribution in [0.25, 0.3) is 0 Å². The maximum Gasteiger partial charge on any atom is 0.257 e. The van der Waals surface area contributed by atoms with Gasteiger partial charge in [0.2, 0.25) is 0 Å². The van der Waals surface area contributed by atoms with E-state index in [1.165, 1.54) is 5.56 Å². The summed E-state index contributed by atoms with van der Waals surface area (Å²) in [6.07, 6.45) is 0. The van der Waals surface area contributed by atoms with Gasteiger partial charge in [0, 0.05) is 37.9 Å². The molecule has 1 saturated heterocycles. The number of ether oxygens (including phenoxy) is 2. The number of hydrogen-bond donors (Lipinski definition) is 1. The van der Waals surface area contributed by atoms with Crippen molar-refractivity contribution in [2.45, 2.75) is 13.8 Å². The molecule has 1 fully saturated rings. The van der Waals surface area contributed by atoms with Crippen molar-refractivity contribution in [1.82, 2.24) is 14.9 Å². The fourth-order valence-corrected chi connectivity index (χ4v) is 3.93. The maximum absolute atomic E-state index is 13.2. The number of hydrogen-bond acceptors (Lipinski definition) is 7. The van der Waals surface area contributed by atoms with E-state index in [0.717, 1.165) is 17.3 Å². The van der Waals surface area contributed by atoms with Crippen LogP contribution in [0.3, 0.4) is 0 Å². The van der Waals surface area contributed by atoms with Crippen LogP contribution in [-0.2, 0) is 0 Å². The van der Waals surface area contributed by atoms with Crippen LogP contribution in [0.2, 0.25) is 0 Å². The first-order valence-electron chi connectivity index (χ1n) is 10.9. The monoisotopic (exact) mass is 447 g/mol. The van der Waals surface area contributed by atoms with Crippen molar-refractivity contribution in [2.24, 2.45) is 0 Å². The number of benzene rings is 2. The Balaban J connectivity index is 1.45. The smallest absolute Gasteiger partial charge is 0.257 e. The van der Waals surface area contributed by atoms with Gasteiger partial charge < -0.3 is 24.6 Å². The molecular formula is C25H29N5O3. The van der Waals surface area contributed by atoms with E-state index in [-0.39, 0.29) is 5.91 Å². The Kier molecular flexibility index (Phi) is 6.63. The van der Waals surface area contributed by atoms with Gasteiger partial charge in [0.25, 0.3) is 5.91 Å². The van der Waals surface area contributed by atoms with Gasteiger partial charge in [-0.1, -0.05) is 23.8 Å². The number of nitrogens with one attached hydrogen (secondary N) is 1. The van der Waals surface area contributed by atoms with E-state index < -0.39 is 0 Å². The lowest BCUT2D eigenvalue weighted by Crippen LogP contribution is -2.49. The summed E-state index contributed by atoms with van der Waals surface area (Å²) >= 11 is 0. The number of carbonyl (C=O) groups is 1. The van der Waals surface area contributed by atoms with Crippen molar-refractivity contribution < 1.29 is 14.3 Å². The lowest BCUT2D eigenvalue weighted by molar-refractivity contribution is 0.0742. The number of aromatic nitrogens is 2. The maximum atomic E-state index is 13.2. The summed E-state index contributed by atoms with van der Waals surface area (Å²) in [6.45, 7) is 6.48. The molecule has 0 bridgehead atoms. The number of carbonyl (C=O) groups excluding carboxylic acids is 1. The van der Waals surface area contributed by atoms with E-state index in [1.54, 1.807) is 32.4 Å². The number of piperazine rings is 1. The van der Waals surface area contributed by atoms with Crippen molar-refractivity contribution >= 4 is 23.2 Å². The molecule has 172 valence electrons. The lowest BCUT2D eigenvalue weighted by Gasteiger charge is -2.35. The van der Waals surface area contributed by atoms with Crippen LogP contribution >= 0.6 is 0 Å². The quantitative estimate of drug-likeness (QED) is 0.615. The molecule has 0 spiro atoms. The van der Waals surface area contributed by atoms with E-state index in [9.17, 15) is 4.79 Å². The van der Waals surface area contributed by atoms with Crippen LogP contribution in [0.4, 0.5) is 17.3 Å². The van der Waals surface area contributed by atoms with Gasteiger partial charge >= 0.3 is 0 Å². The molecule has 0 aliphatic carbocycles. The minimum Gasteiger partial charge on any atom is -0.493 e. The number of nitrogens with zero attached hydrogens (tertiary/aromatic N) is 4. The third kappa shape index (κ3) is 5.00. The Morgan fingerprint density at radius 1 is 0.939 bits per heavy atom. The Hall–Kier alpha value is -3.81. The molecule has 1 N–H and O–H groups in total. The highest BCUT2D eigenvalue weighted by Gasteiger charge is 2.26. The molecule has 8 nitrogen and oxygen atoms in total. The molecule has 1 aliphatic rings. The molecule has 0 radical (unpaired) electrons. The molecular weight excluding hydrogens is 418 g/mol. The van der Waals surface area contributed by atoms with Crippen LogP contribution in [-0.4, -0.2) is 61.2 Å². The number of rotatable bonds is 6. The third-order valence-electron chi connectivity index (χ3n) is 5.67. The van der Waals surface area contributed by atoms with E-state index in [1.807, 2.05) is 30.0 Å². The van der Waals surface area contributed by atoms with E-state index in [2.05, 4.69) is 39.2 Å². The van der Waals surface area contributed by atoms with Gasteiger partial charge in [-0.15, -0.1) is 0 Å². The average Bonchev–Trinajstić information content (AvgIpc) is 2.84. The van der Waals surface area contributed by atoms with Crippen molar-refractivity contribution in [2.75, 3.05) is 50.6 Å². The van der Waals surface area contributed by atoms with Gasteiger partial charge in [-0.2, -0.15) is 0 Å². The summed E-state index contributed by atoms with van der Waals surface area (Å²) in [4.78, 5) is 26.3. The standard InChI is InChI=1S/C25H29N5O3/c1-17-8-10-19(11-9-17)28-22-16-23(27-18(2)26-22)29-12-14-30(15-13-29)25(31)20-6-5-7-21(32-3)24(20)33-4/h5-11,16H,12-15H2,1-4H3,(H,26,27,28). The molecule has 8 heteroatoms. The van der Waals surface area contributed by atoms with Crippen LogP contribution in [0.5, 0.6) is 11.5 Å². The van der Waals surface area contributed by atoms with Crippen LogP contribution < -0.4 is 19.7 Å². The summed E-state index contributed by atoms with van der Waals surface area (Å²) in [5.41, 5.74) is 2.69. The number of para-hydroxylation sites is 1. The highest BCUT2D eigenvalue weighted by molar-refractivity contribution is 5.98. The van der Waals surface area contributed by atoms with Crippen LogP contribution in [0.15, 0.2) is 48.5 Å². The first-order chi connectivity index (χ1) is 16.0. The number of amides is 1. The molecule has 0 saturated carbocycles. The normalized spacial score (nSPS) is 13.6. The zero-order valence-electron chi connectivity index (χ0n) is 19.5. The second-order valence-corrected chi connectivity index (χ2v) is 7.97. The summed E-state index contributed by atoms with van der Waals surface area (Å²) in [7, 11) is 3.11. The van der Waals surface area contributed by atoms with E-state index in [0.29, 0.717) is 49.1 Å². The molecule has 2 heterocycles. The molecule has 1 amide bonds. The fraction of sp³-hybridized carbons (Fsp3) is 0.320. The van der Waals surface area contributed by atoms with E-state index in [4.69, 9.17) is 9.47 Å². The Morgan fingerprint density at radius 3 is 2.33 bits per heavy atom. The zero-order valence-corrected chi connectivity index (χ0v) is 19.5. The largest absolute Gasteiger partial charge is 0.493 e. The molecule has 33 heavy (non-hydrogen) atoms. The fourth-order valence-electron chi connectivity index (χ4n) is 3.93. The first kappa shape index (κ1) is 22.4. The second kappa shape index (κ2) is 9.77. The predicted molar refractivity (Wildman–Crippen MR) is 129 cm³/mol. The van der Waals surface area contributed by atoms with Gasteiger partial charge in [-0.25, -0.2) is 9.97 Å². The Labute approximate surface area is 194 Å². The molecule has 1 aliphatic heterocycles. The van der Waals surface area contributed by atoms with Crippen molar-refractivity contribution in [3.8, 4) is 11.5 Å². The van der Waals surface area contributed by atoms with Crippen LogP contribution in [0, 0.1) is 13.8 Å². The molecule has 0 atom stereocenters. The zero-order chi connectivity index (χ0) is 23.4. The van der Waals surface area contributed by atoms with Crippen molar-refractivity contribution in [1.29, 1.82) is 0 Å². The predicted octanol–water partition coefficient (Wildman–Crippen LogP) is 3.82. The highest BCUT2D eigenvalue weighted by atomic mass is 16.5. The summed E-state index contributed by atoms with van der Waals surface area (Å²) < 4.78 is 10.8. The third-order valence-corrected chi connectivity index (χ3v) is 5.67. The number of methoxy groups -OCH3 is 2. The van der Waals surface area contributed by atoms with Gasteiger partial charge in [0.1, 0.15) is 17.5 Å². The van der Waals surface area contributed by atoms with Gasteiger partial charge in [-0.05, 0) is 38.1 Å². The molecule has 4 rings (SSSR count). The Bertz CT molecular complexity index is 1130.